The molecule has 0 aromatic rings. The number of ketones is 1. The summed E-state index contributed by atoms with van der Waals surface area (Å²) in [6.07, 6.45) is 0. The number of nitrogens with zero attached hydrogens (tertiary/aromatic N) is 1. The van der Waals surface area contributed by atoms with Crippen LogP contribution in [-0.2, 0) is 4.79 Å². The van der Waals surface area contributed by atoms with Crippen molar-refractivity contribution in [2.24, 2.45) is 5.73 Å². The molecule has 0 rings (SSSR count). The first kappa shape index (κ1) is 7.03. The molecular formula is C3H6N2O3. The van der Waals surface area contributed by atoms with Crippen LogP contribution in [0.1, 0.15) is 0 Å². The predicted molar refractivity (Wildman–Crippen MR) is 25.9 cm³/mol. The molecule has 0 aliphatic rings. The normalized spacial score (nSPS) is 8.62. The molecule has 0 amide bonds. The molecule has 46 valence electrons. The van der Waals surface area contributed by atoms with Gasteiger partial charge in [0.25, 0.3) is 6.54 Å². The summed E-state index contributed by atoms with van der Waals surface area (Å²) in [5.41, 5.74) is 4.77. The quantitative estimate of drug-likeness (QED) is 0.372. The van der Waals surface area contributed by atoms with E-state index in [1.165, 1.54) is 0 Å². The second-order valence-corrected chi connectivity index (χ2v) is 1.23. The summed E-state index contributed by atoms with van der Waals surface area (Å²) in [5.74, 6) is -0.546. The number of carbonyl (C=O) groups is 1. The fourth-order valence-corrected chi connectivity index (χ4v) is 0.209. The van der Waals surface area contributed by atoms with Crippen LogP contribution in [-0.4, -0.2) is 23.8 Å². The van der Waals surface area contributed by atoms with Crippen molar-refractivity contribution in [1.82, 2.24) is 0 Å². The second-order valence-electron chi connectivity index (χ2n) is 1.23. The number of nitrogens with two attached hydrogens (primary N) is 1. The summed E-state index contributed by atoms with van der Waals surface area (Å²) >= 11 is 0. The number of hydrogen-bond acceptors (Lipinski definition) is 4. The second kappa shape index (κ2) is 3.09. The lowest BCUT2D eigenvalue weighted by Gasteiger charge is -1.85. The zero-order valence-corrected chi connectivity index (χ0v) is 4.16. The summed E-state index contributed by atoms with van der Waals surface area (Å²) in [6, 6.07) is 0. The Labute approximate surface area is 45.6 Å². The van der Waals surface area contributed by atoms with Crippen LogP contribution in [0.25, 0.3) is 0 Å². The van der Waals surface area contributed by atoms with E-state index in [-0.39, 0.29) is 6.54 Å². The SMILES string of the molecule is NCC(=O)C[N+](=O)[O-]. The Hall–Kier alpha value is -0.970. The van der Waals surface area contributed by atoms with Crippen LogP contribution in [0.2, 0.25) is 0 Å². The van der Waals surface area contributed by atoms with Gasteiger partial charge in [0.15, 0.2) is 0 Å². The molecule has 0 bridgehead atoms. The van der Waals surface area contributed by atoms with Crippen LogP contribution in [0.5, 0.6) is 0 Å². The number of Topliss-reactive ketones (excluding diaryl/α,β-unsaturated/α-hetero) is 1. The van der Waals surface area contributed by atoms with Gasteiger partial charge in [0.2, 0.25) is 5.78 Å². The van der Waals surface area contributed by atoms with Gasteiger partial charge in [-0.3, -0.25) is 14.9 Å². The summed E-state index contributed by atoms with van der Waals surface area (Å²) in [4.78, 5) is 18.9. The first-order valence-corrected chi connectivity index (χ1v) is 2.00. The van der Waals surface area contributed by atoms with E-state index in [4.69, 9.17) is 5.73 Å². The highest BCUT2D eigenvalue weighted by Gasteiger charge is 2.04. The van der Waals surface area contributed by atoms with E-state index in [0.29, 0.717) is 0 Å². The molecule has 0 aliphatic heterocycles. The van der Waals surface area contributed by atoms with Gasteiger partial charge in [-0.25, -0.2) is 0 Å². The van der Waals surface area contributed by atoms with Gasteiger partial charge in [-0.05, 0) is 0 Å². The Morgan fingerprint density at radius 1 is 1.75 bits per heavy atom. The average Bonchev–Trinajstić information content (AvgIpc) is 1.65. The van der Waals surface area contributed by atoms with Crippen molar-refractivity contribution < 1.29 is 9.72 Å². The fourth-order valence-electron chi connectivity index (χ4n) is 0.209. The molecular weight excluding hydrogens is 112 g/mol. The van der Waals surface area contributed by atoms with Crippen molar-refractivity contribution in [3.63, 3.8) is 0 Å². The van der Waals surface area contributed by atoms with Gasteiger partial charge in [0.05, 0.1) is 6.54 Å². The summed E-state index contributed by atoms with van der Waals surface area (Å²) < 4.78 is 0. The molecule has 5 nitrogen and oxygen atoms in total. The maximum atomic E-state index is 10.1. The lowest BCUT2D eigenvalue weighted by molar-refractivity contribution is -0.467. The van der Waals surface area contributed by atoms with Crippen LogP contribution in [0.4, 0.5) is 0 Å². The molecule has 0 saturated heterocycles. The van der Waals surface area contributed by atoms with Gasteiger partial charge in [-0.2, -0.15) is 0 Å². The Morgan fingerprint density at radius 2 is 2.25 bits per heavy atom. The number of nitro groups is 1. The Bertz CT molecular complexity index is 111. The average molecular weight is 118 g/mol. The van der Waals surface area contributed by atoms with Gasteiger partial charge in [0, 0.05) is 4.92 Å². The monoisotopic (exact) mass is 118 g/mol. The molecule has 0 saturated carbocycles. The van der Waals surface area contributed by atoms with E-state index in [9.17, 15) is 14.9 Å². The number of carbonyl (C=O) groups excluding carboxylic acids is 1. The largest absolute Gasteiger partial charge is 0.324 e. The van der Waals surface area contributed by atoms with Gasteiger partial charge in [0.1, 0.15) is 0 Å². The van der Waals surface area contributed by atoms with Crippen molar-refractivity contribution in [1.29, 1.82) is 0 Å². The van der Waals surface area contributed by atoms with Crippen LogP contribution in [0.3, 0.4) is 0 Å². The molecule has 0 aromatic heterocycles. The predicted octanol–water partition coefficient (Wildman–Crippen LogP) is -1.21. The third kappa shape index (κ3) is 3.23. The Morgan fingerprint density at radius 3 is 2.38 bits per heavy atom. The highest BCUT2D eigenvalue weighted by molar-refractivity contribution is 5.81. The van der Waals surface area contributed by atoms with E-state index in [1.54, 1.807) is 0 Å². The molecule has 0 fully saturated rings. The Kier molecular flexibility index (Phi) is 2.71. The fraction of sp³-hybridized carbons (Fsp3) is 0.667. The third-order valence-electron chi connectivity index (χ3n) is 0.533. The summed E-state index contributed by atoms with van der Waals surface area (Å²) in [7, 11) is 0. The van der Waals surface area contributed by atoms with Gasteiger partial charge in [-0.15, -0.1) is 0 Å². The summed E-state index contributed by atoms with van der Waals surface area (Å²) in [5, 5.41) is 9.50. The standard InChI is InChI=1S/C3H6N2O3/c4-1-3(6)2-5(7)8/h1-2,4H2. The van der Waals surface area contributed by atoms with E-state index in [1.807, 2.05) is 0 Å². The van der Waals surface area contributed by atoms with Gasteiger partial charge < -0.3 is 5.73 Å². The van der Waals surface area contributed by atoms with E-state index >= 15 is 0 Å². The maximum Gasteiger partial charge on any atom is 0.262 e. The molecule has 8 heavy (non-hydrogen) atoms. The number of hydrogen-bond donors (Lipinski definition) is 1. The minimum atomic E-state index is -0.699. The van der Waals surface area contributed by atoms with Crippen LogP contribution >= 0.6 is 0 Å². The Balaban J connectivity index is 3.40. The smallest absolute Gasteiger partial charge is 0.262 e. The van der Waals surface area contributed by atoms with Crippen molar-refractivity contribution in [2.45, 2.75) is 0 Å². The lowest BCUT2D eigenvalue weighted by atomic mass is 10.4. The van der Waals surface area contributed by atoms with E-state index < -0.39 is 17.3 Å². The highest BCUT2D eigenvalue weighted by Crippen LogP contribution is 1.68. The zero-order valence-electron chi connectivity index (χ0n) is 4.16. The maximum absolute atomic E-state index is 10.1. The van der Waals surface area contributed by atoms with Crippen LogP contribution < -0.4 is 5.73 Å². The number of rotatable bonds is 3. The molecule has 0 aromatic carbocycles. The zero-order chi connectivity index (χ0) is 6.57. The van der Waals surface area contributed by atoms with E-state index in [0.717, 1.165) is 0 Å². The van der Waals surface area contributed by atoms with Crippen molar-refractivity contribution >= 4 is 5.78 Å². The molecule has 0 atom stereocenters. The topological polar surface area (TPSA) is 86.2 Å². The minimum Gasteiger partial charge on any atom is -0.324 e. The van der Waals surface area contributed by atoms with Crippen molar-refractivity contribution in [3.8, 4) is 0 Å². The van der Waals surface area contributed by atoms with Gasteiger partial charge >= 0.3 is 0 Å². The van der Waals surface area contributed by atoms with Gasteiger partial charge in [-0.1, -0.05) is 0 Å². The highest BCUT2D eigenvalue weighted by atomic mass is 16.6. The van der Waals surface area contributed by atoms with Crippen molar-refractivity contribution in [3.05, 3.63) is 10.1 Å². The molecule has 2 N–H and O–H groups in total. The van der Waals surface area contributed by atoms with Crippen LogP contribution in [0, 0.1) is 10.1 Å². The minimum absolute atomic E-state index is 0.249. The molecule has 0 radical (unpaired) electrons. The molecule has 0 unspecified atom stereocenters. The van der Waals surface area contributed by atoms with E-state index in [2.05, 4.69) is 0 Å². The van der Waals surface area contributed by atoms with Crippen molar-refractivity contribution in [2.75, 3.05) is 13.1 Å². The molecule has 0 heterocycles. The molecule has 5 heteroatoms. The first-order chi connectivity index (χ1) is 3.66. The van der Waals surface area contributed by atoms with Crippen LogP contribution in [0.15, 0.2) is 0 Å². The first-order valence-electron chi connectivity index (χ1n) is 2.00. The molecule has 0 aliphatic carbocycles. The molecule has 0 spiro atoms. The summed E-state index contributed by atoms with van der Waals surface area (Å²) in [6.45, 7) is -0.905. The lowest BCUT2D eigenvalue weighted by Crippen LogP contribution is -2.21. The third-order valence-corrected chi connectivity index (χ3v) is 0.533.